The predicted octanol–water partition coefficient (Wildman–Crippen LogP) is 0.678. The Labute approximate surface area is 119 Å². The predicted molar refractivity (Wildman–Crippen MR) is 77.1 cm³/mol. The highest BCUT2D eigenvalue weighted by atomic mass is 32.2. The van der Waals surface area contributed by atoms with Crippen molar-refractivity contribution in [3.8, 4) is 0 Å². The molecule has 0 heterocycles. The Morgan fingerprint density at radius 3 is 2.30 bits per heavy atom. The summed E-state index contributed by atoms with van der Waals surface area (Å²) in [5.74, 6) is 4.39. The summed E-state index contributed by atoms with van der Waals surface area (Å²) >= 11 is 0. The first-order valence-electron chi connectivity index (χ1n) is 6.41. The van der Waals surface area contributed by atoms with Gasteiger partial charge in [-0.3, -0.25) is 10.2 Å². The number of aryl methyl sites for hydroxylation is 1. The number of hydrogen-bond donors (Lipinski definition) is 3. The summed E-state index contributed by atoms with van der Waals surface area (Å²) < 4.78 is 26.9. The molecule has 1 aromatic carbocycles. The second-order valence-corrected chi connectivity index (χ2v) is 6.52. The Balaban J connectivity index is 3.02. The number of sulfonamides is 1. The van der Waals surface area contributed by atoms with Crippen LogP contribution in [0, 0.1) is 12.8 Å². The molecule has 0 radical (unpaired) electrons. The standard InChI is InChI=1S/C13H21N3O3S/c1-4-10(3)12(13(17)15-14)16-20(18,19)11-7-5-9(2)6-8-11/h5-8,10,12,16H,4,14H2,1-3H3,(H,15,17)/t10-,12-/m0/s1. The van der Waals surface area contributed by atoms with E-state index in [-0.39, 0.29) is 10.8 Å². The van der Waals surface area contributed by atoms with E-state index in [4.69, 9.17) is 5.84 Å². The number of nitrogens with two attached hydrogens (primary N) is 1. The molecule has 0 fully saturated rings. The number of nitrogens with one attached hydrogen (secondary N) is 2. The van der Waals surface area contributed by atoms with Crippen LogP contribution in [0.5, 0.6) is 0 Å². The molecular formula is C13H21N3O3S. The molecule has 1 aromatic rings. The molecule has 0 aliphatic carbocycles. The van der Waals surface area contributed by atoms with Gasteiger partial charge in [-0.25, -0.2) is 14.3 Å². The molecule has 0 aromatic heterocycles. The molecule has 112 valence electrons. The van der Waals surface area contributed by atoms with Gasteiger partial charge in [-0.05, 0) is 25.0 Å². The number of carbonyl (C=O) groups excluding carboxylic acids is 1. The van der Waals surface area contributed by atoms with Gasteiger partial charge in [0.05, 0.1) is 4.90 Å². The number of carbonyl (C=O) groups is 1. The quantitative estimate of drug-likeness (QED) is 0.408. The van der Waals surface area contributed by atoms with Gasteiger partial charge >= 0.3 is 0 Å². The average Bonchev–Trinajstić information content (AvgIpc) is 2.43. The van der Waals surface area contributed by atoms with Crippen molar-refractivity contribution < 1.29 is 13.2 Å². The molecule has 0 unspecified atom stereocenters. The van der Waals surface area contributed by atoms with Crippen LogP contribution in [0.15, 0.2) is 29.2 Å². The fourth-order valence-corrected chi connectivity index (χ4v) is 3.01. The molecule has 0 bridgehead atoms. The zero-order valence-corrected chi connectivity index (χ0v) is 12.7. The second kappa shape index (κ2) is 6.83. The van der Waals surface area contributed by atoms with E-state index >= 15 is 0 Å². The van der Waals surface area contributed by atoms with Gasteiger partial charge in [-0.2, -0.15) is 4.72 Å². The number of rotatable bonds is 6. The van der Waals surface area contributed by atoms with Crippen LogP contribution in [0.25, 0.3) is 0 Å². The van der Waals surface area contributed by atoms with Crippen molar-refractivity contribution in [2.45, 2.75) is 38.1 Å². The van der Waals surface area contributed by atoms with Crippen molar-refractivity contribution >= 4 is 15.9 Å². The molecule has 6 nitrogen and oxygen atoms in total. The summed E-state index contributed by atoms with van der Waals surface area (Å²) in [6, 6.07) is 5.53. The molecule has 0 aliphatic heterocycles. The van der Waals surface area contributed by atoms with Crippen LogP contribution < -0.4 is 16.0 Å². The van der Waals surface area contributed by atoms with Crippen LogP contribution in [0.3, 0.4) is 0 Å². The van der Waals surface area contributed by atoms with Crippen LogP contribution in [-0.4, -0.2) is 20.4 Å². The normalized spacial score (nSPS) is 14.6. The van der Waals surface area contributed by atoms with Gasteiger partial charge in [-0.15, -0.1) is 0 Å². The summed E-state index contributed by atoms with van der Waals surface area (Å²) in [6.07, 6.45) is 0.647. The number of hydrogen-bond acceptors (Lipinski definition) is 4. The van der Waals surface area contributed by atoms with Gasteiger partial charge in [0.25, 0.3) is 5.91 Å². The Hall–Kier alpha value is -1.44. The summed E-state index contributed by atoms with van der Waals surface area (Å²) in [5, 5.41) is 0. The fraction of sp³-hybridized carbons (Fsp3) is 0.462. The van der Waals surface area contributed by atoms with E-state index in [0.29, 0.717) is 6.42 Å². The lowest BCUT2D eigenvalue weighted by Crippen LogP contribution is -2.51. The van der Waals surface area contributed by atoms with Crippen molar-refractivity contribution in [1.29, 1.82) is 0 Å². The first-order chi connectivity index (χ1) is 9.31. The highest BCUT2D eigenvalue weighted by Crippen LogP contribution is 2.14. The zero-order valence-electron chi connectivity index (χ0n) is 11.9. The minimum atomic E-state index is -3.75. The first-order valence-corrected chi connectivity index (χ1v) is 7.89. The van der Waals surface area contributed by atoms with E-state index in [1.54, 1.807) is 19.1 Å². The lowest BCUT2D eigenvalue weighted by molar-refractivity contribution is -0.123. The van der Waals surface area contributed by atoms with Crippen molar-refractivity contribution in [1.82, 2.24) is 10.1 Å². The number of benzene rings is 1. The molecule has 0 saturated carbocycles. The molecule has 4 N–H and O–H groups in total. The van der Waals surface area contributed by atoms with Crippen molar-refractivity contribution in [3.05, 3.63) is 29.8 Å². The molecule has 7 heteroatoms. The van der Waals surface area contributed by atoms with Crippen molar-refractivity contribution in [2.75, 3.05) is 0 Å². The van der Waals surface area contributed by atoms with Gasteiger partial charge in [0.1, 0.15) is 6.04 Å². The van der Waals surface area contributed by atoms with Crippen molar-refractivity contribution in [2.24, 2.45) is 11.8 Å². The lowest BCUT2D eigenvalue weighted by atomic mass is 10.00. The largest absolute Gasteiger partial charge is 0.293 e. The lowest BCUT2D eigenvalue weighted by Gasteiger charge is -2.22. The molecule has 1 amide bonds. The minimum absolute atomic E-state index is 0.126. The molecule has 0 aliphatic rings. The third-order valence-corrected chi connectivity index (χ3v) is 4.71. The highest BCUT2D eigenvalue weighted by molar-refractivity contribution is 7.89. The zero-order chi connectivity index (χ0) is 15.3. The van der Waals surface area contributed by atoms with Gasteiger partial charge < -0.3 is 0 Å². The van der Waals surface area contributed by atoms with Crippen LogP contribution in [-0.2, 0) is 14.8 Å². The number of amides is 1. The summed E-state index contributed by atoms with van der Waals surface area (Å²) in [4.78, 5) is 11.8. The Morgan fingerprint density at radius 2 is 1.85 bits per heavy atom. The maximum Gasteiger partial charge on any atom is 0.252 e. The smallest absolute Gasteiger partial charge is 0.252 e. The van der Waals surface area contributed by atoms with Crippen LogP contribution in [0.4, 0.5) is 0 Å². The second-order valence-electron chi connectivity index (χ2n) is 4.81. The van der Waals surface area contributed by atoms with Gasteiger partial charge in [0.2, 0.25) is 10.0 Å². The third-order valence-electron chi connectivity index (χ3n) is 3.25. The third kappa shape index (κ3) is 4.03. The Kier molecular flexibility index (Phi) is 5.67. The van der Waals surface area contributed by atoms with Crippen LogP contribution >= 0.6 is 0 Å². The van der Waals surface area contributed by atoms with Crippen molar-refractivity contribution in [3.63, 3.8) is 0 Å². The van der Waals surface area contributed by atoms with Crippen LogP contribution in [0.1, 0.15) is 25.8 Å². The van der Waals surface area contributed by atoms with E-state index in [0.717, 1.165) is 5.56 Å². The monoisotopic (exact) mass is 299 g/mol. The van der Waals surface area contributed by atoms with E-state index in [2.05, 4.69) is 4.72 Å². The molecule has 0 saturated heterocycles. The number of hydrazine groups is 1. The van der Waals surface area contributed by atoms with Gasteiger partial charge in [-0.1, -0.05) is 38.0 Å². The molecule has 1 rings (SSSR count). The maximum atomic E-state index is 12.3. The Bertz CT molecular complexity index is 555. The van der Waals surface area contributed by atoms with Gasteiger partial charge in [0.15, 0.2) is 0 Å². The maximum absolute atomic E-state index is 12.3. The van der Waals surface area contributed by atoms with E-state index in [1.165, 1.54) is 12.1 Å². The summed E-state index contributed by atoms with van der Waals surface area (Å²) in [6.45, 7) is 5.53. The summed E-state index contributed by atoms with van der Waals surface area (Å²) in [7, 11) is -3.75. The summed E-state index contributed by atoms with van der Waals surface area (Å²) in [5.41, 5.74) is 2.96. The van der Waals surface area contributed by atoms with E-state index in [9.17, 15) is 13.2 Å². The topological polar surface area (TPSA) is 101 Å². The van der Waals surface area contributed by atoms with Crippen LogP contribution in [0.2, 0.25) is 0 Å². The van der Waals surface area contributed by atoms with Gasteiger partial charge in [0, 0.05) is 0 Å². The molecule has 2 atom stereocenters. The minimum Gasteiger partial charge on any atom is -0.293 e. The highest BCUT2D eigenvalue weighted by Gasteiger charge is 2.29. The van der Waals surface area contributed by atoms with E-state index < -0.39 is 22.0 Å². The van der Waals surface area contributed by atoms with E-state index in [1.807, 2.05) is 19.3 Å². The fourth-order valence-electron chi connectivity index (χ4n) is 1.71. The Morgan fingerprint density at radius 1 is 1.30 bits per heavy atom. The molecule has 0 spiro atoms. The average molecular weight is 299 g/mol. The molecular weight excluding hydrogens is 278 g/mol. The SMILES string of the molecule is CC[C@H](C)[C@H](NS(=O)(=O)c1ccc(C)cc1)C(=O)NN. The molecule has 20 heavy (non-hydrogen) atoms. The first kappa shape index (κ1) is 16.6.